The molecule has 0 radical (unpaired) electrons. The number of hydrogen-bond donors (Lipinski definition) is 2. The maximum absolute atomic E-state index is 5.31. The van der Waals surface area contributed by atoms with Crippen LogP contribution in [0.15, 0.2) is 33.8 Å². The van der Waals surface area contributed by atoms with Crippen LogP contribution < -0.4 is 15.5 Å². The Morgan fingerprint density at radius 2 is 1.97 bits per heavy atom. The third-order valence-corrected chi connectivity index (χ3v) is 5.64. The number of aliphatic imine (C=N–C) groups is 1. The first-order valence-corrected chi connectivity index (χ1v) is 10.8. The molecule has 1 aromatic carbocycles. The molecule has 2 unspecified atom stereocenters. The minimum Gasteiger partial charge on any atom is -0.372 e. The van der Waals surface area contributed by atoms with Crippen LogP contribution in [0.5, 0.6) is 0 Å². The molecular weight excluding hydrogens is 489 g/mol. The summed E-state index contributed by atoms with van der Waals surface area (Å²) in [5.41, 5.74) is 4.72. The van der Waals surface area contributed by atoms with Crippen molar-refractivity contribution < 1.29 is 4.52 Å². The molecule has 30 heavy (non-hydrogen) atoms. The maximum Gasteiger partial charge on any atom is 0.191 e. The van der Waals surface area contributed by atoms with Crippen LogP contribution >= 0.6 is 24.0 Å². The number of nitrogens with zero attached hydrogens (tertiary/aromatic N) is 3. The third-order valence-electron chi connectivity index (χ3n) is 5.64. The Morgan fingerprint density at radius 1 is 1.23 bits per heavy atom. The summed E-state index contributed by atoms with van der Waals surface area (Å²) in [5.74, 6) is 1.98. The molecule has 2 heterocycles. The molecule has 1 saturated heterocycles. The van der Waals surface area contributed by atoms with Crippen LogP contribution in [-0.2, 0) is 0 Å². The monoisotopic (exact) mass is 525 g/mol. The molecule has 3 rings (SSSR count). The summed E-state index contributed by atoms with van der Waals surface area (Å²) in [6.07, 6.45) is 2.58. The first-order chi connectivity index (χ1) is 14.0. The summed E-state index contributed by atoms with van der Waals surface area (Å²) >= 11 is 0. The predicted octanol–water partition coefficient (Wildman–Crippen LogP) is 4.93. The molecule has 2 atom stereocenters. The van der Waals surface area contributed by atoms with Crippen molar-refractivity contribution in [2.24, 2.45) is 4.99 Å². The Labute approximate surface area is 197 Å². The molecule has 0 aliphatic carbocycles. The fraction of sp³-hybridized carbons (Fsp3) is 0.565. The van der Waals surface area contributed by atoms with Crippen molar-refractivity contribution in [3.63, 3.8) is 0 Å². The highest BCUT2D eigenvalue weighted by Crippen LogP contribution is 2.25. The fourth-order valence-electron chi connectivity index (χ4n) is 4.09. The summed E-state index contributed by atoms with van der Waals surface area (Å²) in [6, 6.07) is 9.04. The van der Waals surface area contributed by atoms with Gasteiger partial charge in [0.25, 0.3) is 0 Å². The summed E-state index contributed by atoms with van der Waals surface area (Å²) in [7, 11) is 0. The summed E-state index contributed by atoms with van der Waals surface area (Å²) in [6.45, 7) is 14.2. The number of anilines is 1. The Bertz CT molecular complexity index is 809. The Balaban J connectivity index is 0.00000320. The van der Waals surface area contributed by atoms with Crippen molar-refractivity contribution in [1.82, 2.24) is 15.8 Å². The molecule has 1 aromatic heterocycles. The number of aryl methyl sites for hydroxylation is 2. The molecule has 6 nitrogen and oxygen atoms in total. The normalized spacial score (nSPS) is 16.2. The molecule has 1 fully saturated rings. The van der Waals surface area contributed by atoms with E-state index in [0.29, 0.717) is 6.54 Å². The summed E-state index contributed by atoms with van der Waals surface area (Å²) in [5, 5.41) is 11.0. The highest BCUT2D eigenvalue weighted by Gasteiger charge is 2.17. The van der Waals surface area contributed by atoms with Gasteiger partial charge >= 0.3 is 0 Å². The number of guanidine groups is 1. The molecular formula is C23H36IN5O. The second kappa shape index (κ2) is 11.6. The van der Waals surface area contributed by atoms with E-state index in [4.69, 9.17) is 9.52 Å². The minimum absolute atomic E-state index is 0. The standard InChI is InChI=1S/C23H35N5O.HI/c1-6-24-23(25-15-16(2)22-18(4)27-29-19(22)5)26-17(3)20-10-9-11-21(14-20)28-12-7-8-13-28;/h9-11,14,16-17H,6-8,12-13,15H2,1-5H3,(H2,24,25,26);1H. The molecule has 0 spiro atoms. The van der Waals surface area contributed by atoms with E-state index in [-0.39, 0.29) is 35.9 Å². The predicted molar refractivity (Wildman–Crippen MR) is 135 cm³/mol. The lowest BCUT2D eigenvalue weighted by molar-refractivity contribution is 0.391. The smallest absolute Gasteiger partial charge is 0.191 e. The van der Waals surface area contributed by atoms with Crippen LogP contribution in [0.2, 0.25) is 0 Å². The highest BCUT2D eigenvalue weighted by atomic mass is 127. The summed E-state index contributed by atoms with van der Waals surface area (Å²) in [4.78, 5) is 7.30. The van der Waals surface area contributed by atoms with Gasteiger partial charge in [-0.25, -0.2) is 0 Å². The van der Waals surface area contributed by atoms with Crippen molar-refractivity contribution in [3.8, 4) is 0 Å². The van der Waals surface area contributed by atoms with Gasteiger partial charge in [-0.1, -0.05) is 24.2 Å². The molecule has 7 heteroatoms. The van der Waals surface area contributed by atoms with E-state index in [1.807, 2.05) is 13.8 Å². The number of aromatic nitrogens is 1. The second-order valence-electron chi connectivity index (χ2n) is 8.01. The van der Waals surface area contributed by atoms with Gasteiger partial charge in [-0.2, -0.15) is 0 Å². The molecule has 2 aromatic rings. The topological polar surface area (TPSA) is 65.7 Å². The minimum atomic E-state index is 0. The SMILES string of the molecule is CCNC(=NCC(C)c1c(C)noc1C)NC(C)c1cccc(N2CCCC2)c1.I. The number of halogens is 1. The van der Waals surface area contributed by atoms with Gasteiger partial charge in [0.05, 0.1) is 11.7 Å². The van der Waals surface area contributed by atoms with E-state index in [1.165, 1.54) is 24.1 Å². The number of rotatable bonds is 7. The lowest BCUT2D eigenvalue weighted by Crippen LogP contribution is -2.39. The van der Waals surface area contributed by atoms with Crippen LogP contribution in [0.4, 0.5) is 5.69 Å². The van der Waals surface area contributed by atoms with Crippen molar-refractivity contribution in [2.75, 3.05) is 31.1 Å². The Morgan fingerprint density at radius 3 is 2.60 bits per heavy atom. The zero-order valence-corrected chi connectivity index (χ0v) is 21.2. The van der Waals surface area contributed by atoms with Crippen molar-refractivity contribution >= 4 is 35.6 Å². The molecule has 0 saturated carbocycles. The van der Waals surface area contributed by atoms with Gasteiger partial charge < -0.3 is 20.1 Å². The van der Waals surface area contributed by atoms with Crippen LogP contribution in [0.25, 0.3) is 0 Å². The third kappa shape index (κ3) is 6.12. The van der Waals surface area contributed by atoms with Crippen LogP contribution in [0.1, 0.15) is 68.2 Å². The van der Waals surface area contributed by atoms with E-state index in [9.17, 15) is 0 Å². The lowest BCUT2D eigenvalue weighted by Gasteiger charge is -2.22. The lowest BCUT2D eigenvalue weighted by atomic mass is 10.00. The van der Waals surface area contributed by atoms with E-state index in [0.717, 1.165) is 42.6 Å². The summed E-state index contributed by atoms with van der Waals surface area (Å²) < 4.78 is 5.31. The highest BCUT2D eigenvalue weighted by molar-refractivity contribution is 14.0. The Kier molecular flexibility index (Phi) is 9.45. The molecule has 166 valence electrons. The first-order valence-electron chi connectivity index (χ1n) is 10.8. The molecule has 1 aliphatic rings. The number of nitrogens with one attached hydrogen (secondary N) is 2. The molecule has 2 N–H and O–H groups in total. The zero-order chi connectivity index (χ0) is 20.8. The quantitative estimate of drug-likeness (QED) is 0.305. The van der Waals surface area contributed by atoms with Gasteiger partial charge in [0.1, 0.15) is 5.76 Å². The van der Waals surface area contributed by atoms with Crippen molar-refractivity contribution in [1.29, 1.82) is 0 Å². The van der Waals surface area contributed by atoms with Gasteiger partial charge in [0.2, 0.25) is 0 Å². The number of benzene rings is 1. The largest absolute Gasteiger partial charge is 0.372 e. The second-order valence-corrected chi connectivity index (χ2v) is 8.01. The molecule has 0 bridgehead atoms. The van der Waals surface area contributed by atoms with Gasteiger partial charge in [-0.15, -0.1) is 24.0 Å². The van der Waals surface area contributed by atoms with Crippen LogP contribution in [-0.4, -0.2) is 37.3 Å². The van der Waals surface area contributed by atoms with Gasteiger partial charge in [-0.05, 0) is 58.2 Å². The van der Waals surface area contributed by atoms with E-state index in [2.05, 4.69) is 65.7 Å². The first kappa shape index (κ1) is 24.5. The zero-order valence-electron chi connectivity index (χ0n) is 18.9. The van der Waals surface area contributed by atoms with Crippen molar-refractivity contribution in [2.45, 2.75) is 59.4 Å². The average molecular weight is 525 g/mol. The van der Waals surface area contributed by atoms with E-state index >= 15 is 0 Å². The molecule has 0 amide bonds. The average Bonchev–Trinajstić information content (AvgIpc) is 3.36. The Hall–Kier alpha value is -1.77. The van der Waals surface area contributed by atoms with Crippen LogP contribution in [0.3, 0.4) is 0 Å². The molecule has 1 aliphatic heterocycles. The van der Waals surface area contributed by atoms with Crippen LogP contribution in [0, 0.1) is 13.8 Å². The fourth-order valence-corrected chi connectivity index (χ4v) is 4.09. The van der Waals surface area contributed by atoms with Crippen molar-refractivity contribution in [3.05, 3.63) is 46.8 Å². The van der Waals surface area contributed by atoms with Gasteiger partial charge in [-0.3, -0.25) is 4.99 Å². The van der Waals surface area contributed by atoms with E-state index < -0.39 is 0 Å². The van der Waals surface area contributed by atoms with E-state index in [1.54, 1.807) is 0 Å². The van der Waals surface area contributed by atoms with Gasteiger partial charge in [0, 0.05) is 43.3 Å². The maximum atomic E-state index is 5.31. The number of hydrogen-bond acceptors (Lipinski definition) is 4. The van der Waals surface area contributed by atoms with Gasteiger partial charge in [0.15, 0.2) is 5.96 Å².